The molecule has 1 saturated heterocycles. The van der Waals surface area contributed by atoms with Crippen LogP contribution in [0.5, 0.6) is 5.75 Å². The van der Waals surface area contributed by atoms with E-state index in [1.54, 1.807) is 12.1 Å². The average molecular weight is 277 g/mol. The fourth-order valence-corrected chi connectivity index (χ4v) is 2.32. The van der Waals surface area contributed by atoms with Crippen LogP contribution in [0.15, 0.2) is 18.2 Å². The van der Waals surface area contributed by atoms with Crippen molar-refractivity contribution >= 4 is 11.6 Å². The number of benzene rings is 1. The van der Waals surface area contributed by atoms with E-state index in [1.165, 1.54) is 6.07 Å². The minimum Gasteiger partial charge on any atom is -0.434 e. The van der Waals surface area contributed by atoms with Crippen LogP contribution in [0, 0.1) is 0 Å². The number of likely N-dealkylation sites (N-methyl/N-ethyl adjacent to an activating group) is 1. The van der Waals surface area contributed by atoms with E-state index in [1.807, 2.05) is 7.05 Å². The third-order valence-electron chi connectivity index (χ3n) is 3.06. The van der Waals surface area contributed by atoms with Crippen molar-refractivity contribution in [2.75, 3.05) is 26.7 Å². The second kappa shape index (κ2) is 5.82. The molecule has 1 unspecified atom stereocenters. The molecule has 3 nitrogen and oxygen atoms in total. The highest BCUT2D eigenvalue weighted by Crippen LogP contribution is 2.32. The minimum atomic E-state index is -2.83. The molecule has 1 N–H and O–H groups in total. The molecule has 1 aromatic carbocycles. The van der Waals surface area contributed by atoms with Gasteiger partial charge in [0.25, 0.3) is 0 Å². The molecule has 1 atom stereocenters. The number of hydrogen-bond donors (Lipinski definition) is 1. The number of hydrogen-bond acceptors (Lipinski definition) is 3. The quantitative estimate of drug-likeness (QED) is 0.918. The summed E-state index contributed by atoms with van der Waals surface area (Å²) < 4.78 is 29.3. The second-order valence-electron chi connectivity index (χ2n) is 4.26. The van der Waals surface area contributed by atoms with Gasteiger partial charge in [0.2, 0.25) is 0 Å². The van der Waals surface area contributed by atoms with Gasteiger partial charge < -0.3 is 10.1 Å². The van der Waals surface area contributed by atoms with Gasteiger partial charge in [0.1, 0.15) is 5.75 Å². The lowest BCUT2D eigenvalue weighted by Gasteiger charge is -2.34. The molecule has 0 spiro atoms. The molecule has 0 aromatic heterocycles. The smallest absolute Gasteiger partial charge is 0.387 e. The number of piperazine rings is 1. The second-order valence-corrected chi connectivity index (χ2v) is 4.70. The Morgan fingerprint density at radius 3 is 2.94 bits per heavy atom. The molecule has 100 valence electrons. The lowest BCUT2D eigenvalue weighted by Crippen LogP contribution is -2.43. The van der Waals surface area contributed by atoms with Crippen LogP contribution in [-0.4, -0.2) is 38.2 Å². The van der Waals surface area contributed by atoms with Crippen molar-refractivity contribution in [2.24, 2.45) is 0 Å². The van der Waals surface area contributed by atoms with E-state index in [0.29, 0.717) is 17.1 Å². The molecule has 6 heteroatoms. The molecule has 18 heavy (non-hydrogen) atoms. The fraction of sp³-hybridized carbons (Fsp3) is 0.500. The fourth-order valence-electron chi connectivity index (χ4n) is 2.14. The lowest BCUT2D eigenvalue weighted by molar-refractivity contribution is -0.0512. The summed E-state index contributed by atoms with van der Waals surface area (Å²) in [4.78, 5) is 2.10. The summed E-state index contributed by atoms with van der Waals surface area (Å²) in [6.07, 6.45) is 0. The molecule has 1 aliphatic rings. The largest absolute Gasteiger partial charge is 0.434 e. The van der Waals surface area contributed by atoms with Gasteiger partial charge in [-0.05, 0) is 25.2 Å². The SMILES string of the molecule is CN1CCNCC1c1cc(Cl)ccc1OC(F)F. The van der Waals surface area contributed by atoms with Crippen LogP contribution in [0.1, 0.15) is 11.6 Å². The van der Waals surface area contributed by atoms with E-state index in [2.05, 4.69) is 15.0 Å². The van der Waals surface area contributed by atoms with E-state index in [4.69, 9.17) is 11.6 Å². The zero-order valence-corrected chi connectivity index (χ0v) is 10.8. The average Bonchev–Trinajstić information content (AvgIpc) is 2.32. The number of ether oxygens (including phenoxy) is 1. The van der Waals surface area contributed by atoms with Gasteiger partial charge in [-0.3, -0.25) is 4.90 Å². The van der Waals surface area contributed by atoms with E-state index in [-0.39, 0.29) is 11.8 Å². The summed E-state index contributed by atoms with van der Waals surface area (Å²) in [6, 6.07) is 4.73. The van der Waals surface area contributed by atoms with Crippen molar-refractivity contribution < 1.29 is 13.5 Å². The molecular weight excluding hydrogens is 262 g/mol. The van der Waals surface area contributed by atoms with Crippen LogP contribution in [0.4, 0.5) is 8.78 Å². The predicted molar refractivity (Wildman–Crippen MR) is 66.3 cm³/mol. The number of nitrogens with one attached hydrogen (secondary N) is 1. The van der Waals surface area contributed by atoms with Gasteiger partial charge in [-0.15, -0.1) is 0 Å². The van der Waals surface area contributed by atoms with Crippen LogP contribution in [-0.2, 0) is 0 Å². The van der Waals surface area contributed by atoms with Crippen molar-refractivity contribution in [1.82, 2.24) is 10.2 Å². The molecule has 0 amide bonds. The first-order valence-electron chi connectivity index (χ1n) is 5.73. The van der Waals surface area contributed by atoms with Gasteiger partial charge in [-0.25, -0.2) is 0 Å². The zero-order chi connectivity index (χ0) is 13.1. The molecule has 0 radical (unpaired) electrons. The van der Waals surface area contributed by atoms with Crippen molar-refractivity contribution in [3.63, 3.8) is 0 Å². The summed E-state index contributed by atoms with van der Waals surface area (Å²) in [5.74, 6) is 0.190. The Labute approximate surface area is 110 Å². The summed E-state index contributed by atoms with van der Waals surface area (Å²) in [7, 11) is 1.96. The maximum absolute atomic E-state index is 12.4. The molecule has 2 rings (SSSR count). The van der Waals surface area contributed by atoms with Gasteiger partial charge >= 0.3 is 6.61 Å². The summed E-state index contributed by atoms with van der Waals surface area (Å²) in [6.45, 7) is -0.396. The minimum absolute atomic E-state index is 0.00815. The van der Waals surface area contributed by atoms with Gasteiger partial charge in [-0.1, -0.05) is 11.6 Å². The third-order valence-corrected chi connectivity index (χ3v) is 3.29. The van der Waals surface area contributed by atoms with E-state index < -0.39 is 6.61 Å². The Morgan fingerprint density at radius 2 is 2.28 bits per heavy atom. The first kappa shape index (κ1) is 13.5. The van der Waals surface area contributed by atoms with Crippen LogP contribution in [0.2, 0.25) is 5.02 Å². The van der Waals surface area contributed by atoms with E-state index in [0.717, 1.165) is 13.1 Å². The molecule has 0 bridgehead atoms. The van der Waals surface area contributed by atoms with Crippen molar-refractivity contribution in [3.8, 4) is 5.75 Å². The van der Waals surface area contributed by atoms with Gasteiger partial charge in [0.05, 0.1) is 6.04 Å². The Bertz CT molecular complexity index is 417. The molecule has 1 aliphatic heterocycles. The molecular formula is C12H15ClF2N2O. The van der Waals surface area contributed by atoms with Gasteiger partial charge in [0.15, 0.2) is 0 Å². The number of nitrogens with zero attached hydrogens (tertiary/aromatic N) is 1. The normalized spacial score (nSPS) is 21.3. The molecule has 0 aliphatic carbocycles. The summed E-state index contributed by atoms with van der Waals surface area (Å²) >= 11 is 5.94. The summed E-state index contributed by atoms with van der Waals surface area (Å²) in [5.41, 5.74) is 0.692. The highest BCUT2D eigenvalue weighted by Gasteiger charge is 2.24. The van der Waals surface area contributed by atoms with Crippen LogP contribution in [0.3, 0.4) is 0 Å². The number of alkyl halides is 2. The van der Waals surface area contributed by atoms with Crippen LogP contribution >= 0.6 is 11.6 Å². The van der Waals surface area contributed by atoms with Gasteiger partial charge in [-0.2, -0.15) is 8.78 Å². The Morgan fingerprint density at radius 1 is 1.50 bits per heavy atom. The van der Waals surface area contributed by atoms with Crippen LogP contribution < -0.4 is 10.1 Å². The monoisotopic (exact) mass is 276 g/mol. The van der Waals surface area contributed by atoms with E-state index >= 15 is 0 Å². The standard InChI is InChI=1S/C12H15ClF2N2O/c1-17-5-4-16-7-10(17)9-6-8(13)2-3-11(9)18-12(14)15/h2-3,6,10,12,16H,4-5,7H2,1H3. The maximum atomic E-state index is 12.4. The number of rotatable bonds is 3. The highest BCUT2D eigenvalue weighted by molar-refractivity contribution is 6.30. The maximum Gasteiger partial charge on any atom is 0.387 e. The molecule has 0 saturated carbocycles. The Balaban J connectivity index is 2.31. The topological polar surface area (TPSA) is 24.5 Å². The Kier molecular flexibility index (Phi) is 4.37. The number of halogens is 3. The van der Waals surface area contributed by atoms with E-state index in [9.17, 15) is 8.78 Å². The summed E-state index contributed by atoms with van der Waals surface area (Å²) in [5, 5.41) is 3.75. The first-order valence-corrected chi connectivity index (χ1v) is 6.11. The first-order chi connectivity index (χ1) is 8.58. The van der Waals surface area contributed by atoms with Gasteiger partial charge in [0, 0.05) is 30.2 Å². The highest BCUT2D eigenvalue weighted by atomic mass is 35.5. The van der Waals surface area contributed by atoms with Crippen molar-refractivity contribution in [3.05, 3.63) is 28.8 Å². The molecule has 1 aromatic rings. The zero-order valence-electron chi connectivity index (χ0n) is 10.00. The Hall–Kier alpha value is -0.910. The van der Waals surface area contributed by atoms with Crippen LogP contribution in [0.25, 0.3) is 0 Å². The van der Waals surface area contributed by atoms with Crippen molar-refractivity contribution in [1.29, 1.82) is 0 Å². The molecule has 1 heterocycles. The predicted octanol–water partition coefficient (Wildman–Crippen LogP) is 2.52. The van der Waals surface area contributed by atoms with Crippen molar-refractivity contribution in [2.45, 2.75) is 12.7 Å². The molecule has 1 fully saturated rings. The third kappa shape index (κ3) is 3.10. The lowest BCUT2D eigenvalue weighted by atomic mass is 10.0.